The third kappa shape index (κ3) is 2.97. The number of carbonyl (C=O) groups is 1. The molecule has 0 unspecified atom stereocenters. The molecule has 3 nitrogen and oxygen atoms in total. The number of halogens is 3. The minimum absolute atomic E-state index is 0.134. The molecule has 2 rings (SSSR count). The average Bonchev–Trinajstić information content (AvgIpc) is 2.49. The summed E-state index contributed by atoms with van der Waals surface area (Å²) < 4.78 is 37.6. The number of nitriles is 2. The average molecular weight is 300 g/mol. The number of nitrogens with zero attached hydrogens (tertiary/aromatic N) is 2. The van der Waals surface area contributed by atoms with E-state index in [0.29, 0.717) is 0 Å². The topological polar surface area (TPSA) is 64.7 Å². The maximum absolute atomic E-state index is 12.5. The van der Waals surface area contributed by atoms with Gasteiger partial charge in [0, 0.05) is 11.1 Å². The van der Waals surface area contributed by atoms with Crippen molar-refractivity contribution in [1.29, 1.82) is 10.5 Å². The van der Waals surface area contributed by atoms with E-state index < -0.39 is 17.5 Å². The van der Waals surface area contributed by atoms with E-state index in [1.165, 1.54) is 30.4 Å². The number of hydrogen-bond acceptors (Lipinski definition) is 3. The summed E-state index contributed by atoms with van der Waals surface area (Å²) in [5.41, 5.74) is -0.321. The third-order valence-electron chi connectivity index (χ3n) is 3.02. The molecule has 0 aliphatic heterocycles. The van der Waals surface area contributed by atoms with Gasteiger partial charge in [-0.1, -0.05) is 12.1 Å². The number of carbonyl (C=O) groups excluding carboxylic acids is 1. The fourth-order valence-electron chi connectivity index (χ4n) is 1.90. The predicted octanol–water partition coefficient (Wildman–Crippen LogP) is 3.57. The second-order valence-corrected chi connectivity index (χ2v) is 4.38. The van der Waals surface area contributed by atoms with Gasteiger partial charge in [0.05, 0.1) is 5.56 Å². The van der Waals surface area contributed by atoms with Crippen LogP contribution in [0.15, 0.2) is 53.6 Å². The van der Waals surface area contributed by atoms with Crippen LogP contribution in [0.25, 0.3) is 5.57 Å². The molecule has 0 saturated carbocycles. The van der Waals surface area contributed by atoms with Gasteiger partial charge in [-0.2, -0.15) is 23.7 Å². The second-order valence-electron chi connectivity index (χ2n) is 4.38. The van der Waals surface area contributed by atoms with Gasteiger partial charge in [0.15, 0.2) is 5.78 Å². The Morgan fingerprint density at radius 2 is 1.59 bits per heavy atom. The Hall–Kier alpha value is -3.12. The van der Waals surface area contributed by atoms with Crippen LogP contribution in [-0.4, -0.2) is 5.78 Å². The SMILES string of the molecule is N#CC(C#N)=C1C=CC(=O)C(c2ccc(C(F)(F)F)cc2)=C1. The van der Waals surface area contributed by atoms with Crippen molar-refractivity contribution in [2.24, 2.45) is 0 Å². The van der Waals surface area contributed by atoms with Gasteiger partial charge in [0.25, 0.3) is 0 Å². The number of ketones is 1. The van der Waals surface area contributed by atoms with Crippen LogP contribution in [0.3, 0.4) is 0 Å². The summed E-state index contributed by atoms with van der Waals surface area (Å²) in [5, 5.41) is 17.6. The monoisotopic (exact) mass is 300 g/mol. The Labute approximate surface area is 123 Å². The molecule has 22 heavy (non-hydrogen) atoms. The standard InChI is InChI=1S/C16H7F3N2O/c17-16(18,19)13-4-1-10(2-5-13)14-7-11(3-6-15(14)22)12(8-20)9-21/h1-7H. The van der Waals surface area contributed by atoms with Gasteiger partial charge in [-0.3, -0.25) is 4.79 Å². The maximum atomic E-state index is 12.5. The van der Waals surface area contributed by atoms with E-state index in [2.05, 4.69) is 0 Å². The highest BCUT2D eigenvalue weighted by atomic mass is 19.4. The molecule has 0 bridgehead atoms. The van der Waals surface area contributed by atoms with Crippen molar-refractivity contribution in [2.75, 3.05) is 0 Å². The molecule has 1 aromatic rings. The Morgan fingerprint density at radius 1 is 1.00 bits per heavy atom. The first kappa shape index (κ1) is 15.3. The summed E-state index contributed by atoms with van der Waals surface area (Å²) in [6.07, 6.45) is -0.620. The number of allylic oxidation sites excluding steroid dienone is 6. The van der Waals surface area contributed by atoms with Crippen LogP contribution in [0.4, 0.5) is 13.2 Å². The molecule has 1 aromatic carbocycles. The van der Waals surface area contributed by atoms with Crippen molar-refractivity contribution in [2.45, 2.75) is 6.18 Å². The van der Waals surface area contributed by atoms with Crippen molar-refractivity contribution < 1.29 is 18.0 Å². The molecule has 0 radical (unpaired) electrons. The molecule has 0 N–H and O–H groups in total. The lowest BCUT2D eigenvalue weighted by molar-refractivity contribution is -0.137. The second kappa shape index (κ2) is 5.71. The van der Waals surface area contributed by atoms with Crippen LogP contribution in [0.2, 0.25) is 0 Å². The van der Waals surface area contributed by atoms with Crippen LogP contribution in [-0.2, 0) is 11.0 Å². The fraction of sp³-hybridized carbons (Fsp3) is 0.0625. The van der Waals surface area contributed by atoms with E-state index in [9.17, 15) is 18.0 Å². The summed E-state index contributed by atoms with van der Waals surface area (Å²) in [6, 6.07) is 7.52. The first-order valence-electron chi connectivity index (χ1n) is 6.03. The van der Waals surface area contributed by atoms with E-state index in [0.717, 1.165) is 12.1 Å². The van der Waals surface area contributed by atoms with Crippen LogP contribution in [0, 0.1) is 22.7 Å². The summed E-state index contributed by atoms with van der Waals surface area (Å²) >= 11 is 0. The lowest BCUT2D eigenvalue weighted by atomic mass is 9.92. The predicted molar refractivity (Wildman–Crippen MR) is 71.8 cm³/mol. The molecular formula is C16H7F3N2O. The van der Waals surface area contributed by atoms with Gasteiger partial charge in [-0.25, -0.2) is 0 Å². The summed E-state index contributed by atoms with van der Waals surface area (Å²) in [6.45, 7) is 0. The molecule has 1 aliphatic rings. The molecule has 0 atom stereocenters. The van der Waals surface area contributed by atoms with E-state index in [1.54, 1.807) is 12.1 Å². The molecular weight excluding hydrogens is 293 g/mol. The van der Waals surface area contributed by atoms with E-state index in [-0.39, 0.29) is 22.3 Å². The zero-order chi connectivity index (χ0) is 16.3. The van der Waals surface area contributed by atoms with Crippen LogP contribution in [0.5, 0.6) is 0 Å². The Balaban J connectivity index is 2.48. The van der Waals surface area contributed by atoms with Gasteiger partial charge in [0.1, 0.15) is 17.7 Å². The van der Waals surface area contributed by atoms with Crippen LogP contribution >= 0.6 is 0 Å². The van der Waals surface area contributed by atoms with Gasteiger partial charge >= 0.3 is 6.18 Å². The molecule has 6 heteroatoms. The highest BCUT2D eigenvalue weighted by Crippen LogP contribution is 2.31. The molecule has 0 amide bonds. The largest absolute Gasteiger partial charge is 0.416 e. The summed E-state index contributed by atoms with van der Waals surface area (Å²) in [5.74, 6) is -0.404. The first-order chi connectivity index (χ1) is 10.4. The third-order valence-corrected chi connectivity index (χ3v) is 3.02. The Morgan fingerprint density at radius 3 is 2.09 bits per heavy atom. The lowest BCUT2D eigenvalue weighted by Crippen LogP contribution is -2.06. The van der Waals surface area contributed by atoms with Crippen molar-refractivity contribution in [3.63, 3.8) is 0 Å². The molecule has 0 aromatic heterocycles. The zero-order valence-corrected chi connectivity index (χ0v) is 11.0. The highest BCUT2D eigenvalue weighted by Gasteiger charge is 2.30. The highest BCUT2D eigenvalue weighted by molar-refractivity contribution is 6.27. The van der Waals surface area contributed by atoms with Crippen molar-refractivity contribution >= 4 is 11.4 Å². The van der Waals surface area contributed by atoms with Crippen LogP contribution < -0.4 is 0 Å². The summed E-state index contributed by atoms with van der Waals surface area (Å²) in [4.78, 5) is 11.9. The summed E-state index contributed by atoms with van der Waals surface area (Å²) in [7, 11) is 0. The number of hydrogen-bond donors (Lipinski definition) is 0. The molecule has 1 aliphatic carbocycles. The Bertz CT molecular complexity index is 782. The smallest absolute Gasteiger partial charge is 0.289 e. The number of benzene rings is 1. The minimum Gasteiger partial charge on any atom is -0.289 e. The molecule has 108 valence electrons. The Kier molecular flexibility index (Phi) is 3.96. The lowest BCUT2D eigenvalue weighted by Gasteiger charge is -2.11. The molecule has 0 spiro atoms. The van der Waals surface area contributed by atoms with Crippen molar-refractivity contribution in [3.8, 4) is 12.1 Å². The van der Waals surface area contributed by atoms with Gasteiger partial charge < -0.3 is 0 Å². The van der Waals surface area contributed by atoms with E-state index in [1.807, 2.05) is 0 Å². The van der Waals surface area contributed by atoms with Gasteiger partial charge in [0.2, 0.25) is 0 Å². The molecule has 0 saturated heterocycles. The maximum Gasteiger partial charge on any atom is 0.416 e. The number of rotatable bonds is 1. The molecule has 0 heterocycles. The van der Waals surface area contributed by atoms with Crippen molar-refractivity contribution in [3.05, 3.63) is 64.8 Å². The number of alkyl halides is 3. The van der Waals surface area contributed by atoms with E-state index in [4.69, 9.17) is 10.5 Å². The van der Waals surface area contributed by atoms with E-state index >= 15 is 0 Å². The molecule has 0 fully saturated rings. The minimum atomic E-state index is -4.46. The van der Waals surface area contributed by atoms with Crippen LogP contribution in [0.1, 0.15) is 11.1 Å². The normalized spacial score (nSPS) is 14.1. The fourth-order valence-corrected chi connectivity index (χ4v) is 1.90. The first-order valence-corrected chi connectivity index (χ1v) is 6.03. The quantitative estimate of drug-likeness (QED) is 0.745. The van der Waals surface area contributed by atoms with Crippen molar-refractivity contribution in [1.82, 2.24) is 0 Å². The van der Waals surface area contributed by atoms with Gasteiger partial charge in [-0.15, -0.1) is 0 Å². The zero-order valence-electron chi connectivity index (χ0n) is 11.0. The van der Waals surface area contributed by atoms with Gasteiger partial charge in [-0.05, 0) is 35.9 Å².